The summed E-state index contributed by atoms with van der Waals surface area (Å²) < 4.78 is 11.8. The van der Waals surface area contributed by atoms with Crippen molar-refractivity contribution in [3.8, 4) is 5.75 Å². The van der Waals surface area contributed by atoms with Crippen molar-refractivity contribution in [2.24, 2.45) is 5.92 Å². The Balaban J connectivity index is 2.07. The topological polar surface area (TPSA) is 76.1 Å². The van der Waals surface area contributed by atoms with Gasteiger partial charge in [0.1, 0.15) is 11.5 Å². The number of likely N-dealkylation sites (tertiary alicyclic amines) is 1. The van der Waals surface area contributed by atoms with Crippen LogP contribution in [-0.2, 0) is 14.3 Å². The van der Waals surface area contributed by atoms with E-state index >= 15 is 0 Å². The molecule has 2 aromatic carbocycles. The number of halogens is 1. The molecule has 32 heavy (non-hydrogen) atoms. The molecule has 1 fully saturated rings. The number of aryl methyl sites for hydroxylation is 1. The standard InChI is InChI=1S/C25H28BrNO5/c1-15(2)14-32-19-9-10-20(16(3)13-19)23(28)21-22(17-5-7-18(26)8-6-17)27(11-12-31-4)25(30)24(21)29/h5-10,13,15,22,28H,11-12,14H2,1-4H3/b23-21+/t22-/m1/s1. The molecule has 1 atom stereocenters. The third-order valence-corrected chi connectivity index (χ3v) is 5.83. The first-order valence-electron chi connectivity index (χ1n) is 10.5. The number of carbonyl (C=O) groups is 2. The number of Topliss-reactive ketones (excluding diaryl/α,β-unsaturated/α-hetero) is 1. The van der Waals surface area contributed by atoms with E-state index < -0.39 is 17.7 Å². The summed E-state index contributed by atoms with van der Waals surface area (Å²) in [5.74, 6) is -0.462. The minimum Gasteiger partial charge on any atom is -0.507 e. The van der Waals surface area contributed by atoms with Gasteiger partial charge in [-0.15, -0.1) is 0 Å². The quantitative estimate of drug-likeness (QED) is 0.317. The molecule has 1 heterocycles. The van der Waals surface area contributed by atoms with E-state index in [-0.39, 0.29) is 24.5 Å². The number of carbonyl (C=O) groups excluding carboxylic acids is 2. The molecular formula is C25H28BrNO5. The van der Waals surface area contributed by atoms with Crippen LogP contribution in [0.15, 0.2) is 52.5 Å². The zero-order valence-electron chi connectivity index (χ0n) is 18.7. The average molecular weight is 502 g/mol. The van der Waals surface area contributed by atoms with Crippen LogP contribution in [-0.4, -0.2) is 48.6 Å². The van der Waals surface area contributed by atoms with Gasteiger partial charge in [0.2, 0.25) is 0 Å². The van der Waals surface area contributed by atoms with E-state index in [0.717, 1.165) is 15.6 Å². The smallest absolute Gasteiger partial charge is 0.295 e. The zero-order valence-corrected chi connectivity index (χ0v) is 20.3. The average Bonchev–Trinajstić information content (AvgIpc) is 3.01. The van der Waals surface area contributed by atoms with E-state index in [9.17, 15) is 14.7 Å². The fourth-order valence-corrected chi connectivity index (χ4v) is 3.96. The van der Waals surface area contributed by atoms with Crippen LogP contribution < -0.4 is 4.74 Å². The second-order valence-electron chi connectivity index (χ2n) is 8.22. The van der Waals surface area contributed by atoms with Crippen molar-refractivity contribution in [1.29, 1.82) is 0 Å². The minimum absolute atomic E-state index is 0.0763. The summed E-state index contributed by atoms with van der Waals surface area (Å²) in [5, 5.41) is 11.2. The number of hydrogen-bond donors (Lipinski definition) is 1. The van der Waals surface area contributed by atoms with Crippen LogP contribution in [0.3, 0.4) is 0 Å². The molecule has 0 bridgehead atoms. The van der Waals surface area contributed by atoms with Crippen molar-refractivity contribution in [2.75, 3.05) is 26.9 Å². The van der Waals surface area contributed by atoms with Crippen LogP contribution in [0.25, 0.3) is 5.76 Å². The van der Waals surface area contributed by atoms with Crippen LogP contribution in [0.1, 0.15) is 36.6 Å². The van der Waals surface area contributed by atoms with Crippen molar-refractivity contribution >= 4 is 33.4 Å². The molecule has 0 spiro atoms. The summed E-state index contributed by atoms with van der Waals surface area (Å²) in [6, 6.07) is 12.0. The van der Waals surface area contributed by atoms with Crippen molar-refractivity contribution in [2.45, 2.75) is 26.8 Å². The Kier molecular flexibility index (Phi) is 7.74. The molecular weight excluding hydrogens is 474 g/mol. The highest BCUT2D eigenvalue weighted by atomic mass is 79.9. The number of amides is 1. The lowest BCUT2D eigenvalue weighted by molar-refractivity contribution is -0.140. The van der Waals surface area contributed by atoms with Gasteiger partial charge < -0.3 is 19.5 Å². The molecule has 2 aromatic rings. The van der Waals surface area contributed by atoms with Crippen molar-refractivity contribution < 1.29 is 24.2 Å². The number of ketones is 1. The van der Waals surface area contributed by atoms with Gasteiger partial charge in [0.15, 0.2) is 0 Å². The van der Waals surface area contributed by atoms with Gasteiger partial charge in [0, 0.05) is 23.7 Å². The molecule has 1 N–H and O–H groups in total. The Morgan fingerprint density at radius 1 is 1.16 bits per heavy atom. The van der Waals surface area contributed by atoms with Crippen LogP contribution in [0.5, 0.6) is 5.75 Å². The third kappa shape index (κ3) is 5.05. The summed E-state index contributed by atoms with van der Waals surface area (Å²) in [5.41, 5.74) is 2.06. The summed E-state index contributed by atoms with van der Waals surface area (Å²) in [4.78, 5) is 27.3. The molecule has 6 nitrogen and oxygen atoms in total. The first kappa shape index (κ1) is 24.0. The van der Waals surface area contributed by atoms with Crippen molar-refractivity contribution in [3.63, 3.8) is 0 Å². The predicted molar refractivity (Wildman–Crippen MR) is 127 cm³/mol. The normalized spacial score (nSPS) is 17.9. The molecule has 0 radical (unpaired) electrons. The maximum atomic E-state index is 13.0. The molecule has 1 amide bonds. The van der Waals surface area contributed by atoms with Crippen LogP contribution in [0.2, 0.25) is 0 Å². The van der Waals surface area contributed by atoms with Gasteiger partial charge in [-0.25, -0.2) is 0 Å². The van der Waals surface area contributed by atoms with Crippen molar-refractivity contribution in [1.82, 2.24) is 4.90 Å². The number of aliphatic hydroxyl groups excluding tert-OH is 1. The van der Waals surface area contributed by atoms with Crippen LogP contribution >= 0.6 is 15.9 Å². The number of rotatable bonds is 8. The molecule has 0 aliphatic carbocycles. The number of ether oxygens (including phenoxy) is 2. The highest BCUT2D eigenvalue weighted by molar-refractivity contribution is 9.10. The molecule has 1 aliphatic rings. The fraction of sp³-hybridized carbons (Fsp3) is 0.360. The Labute approximate surface area is 197 Å². The summed E-state index contributed by atoms with van der Waals surface area (Å²) in [7, 11) is 1.54. The maximum absolute atomic E-state index is 13.0. The summed E-state index contributed by atoms with van der Waals surface area (Å²) in [6.45, 7) is 7.07. The van der Waals surface area contributed by atoms with Crippen LogP contribution in [0.4, 0.5) is 0 Å². The number of hydrogen-bond acceptors (Lipinski definition) is 5. The molecule has 0 unspecified atom stereocenters. The lowest BCUT2D eigenvalue weighted by Crippen LogP contribution is -2.32. The second kappa shape index (κ2) is 10.3. The van der Waals surface area contributed by atoms with E-state index in [4.69, 9.17) is 9.47 Å². The molecule has 7 heteroatoms. The second-order valence-corrected chi connectivity index (χ2v) is 9.13. The van der Waals surface area contributed by atoms with E-state index in [1.807, 2.05) is 37.3 Å². The Morgan fingerprint density at radius 3 is 2.44 bits per heavy atom. The first-order valence-corrected chi connectivity index (χ1v) is 11.3. The maximum Gasteiger partial charge on any atom is 0.295 e. The molecule has 1 saturated heterocycles. The van der Waals surface area contributed by atoms with Crippen LogP contribution in [0, 0.1) is 12.8 Å². The van der Waals surface area contributed by atoms with E-state index in [0.29, 0.717) is 23.8 Å². The highest BCUT2D eigenvalue weighted by Crippen LogP contribution is 2.40. The Morgan fingerprint density at radius 2 is 1.84 bits per heavy atom. The molecule has 3 rings (SSSR count). The van der Waals surface area contributed by atoms with Crippen molar-refractivity contribution in [3.05, 3.63) is 69.2 Å². The van der Waals surface area contributed by atoms with Gasteiger partial charge >= 0.3 is 0 Å². The first-order chi connectivity index (χ1) is 15.2. The predicted octanol–water partition coefficient (Wildman–Crippen LogP) is 4.86. The Bertz CT molecular complexity index is 1030. The molecule has 170 valence electrons. The lowest BCUT2D eigenvalue weighted by atomic mass is 9.94. The minimum atomic E-state index is -0.703. The molecule has 0 saturated carbocycles. The number of nitrogens with zero attached hydrogens (tertiary/aromatic N) is 1. The monoisotopic (exact) mass is 501 g/mol. The summed E-state index contributed by atoms with van der Waals surface area (Å²) in [6.07, 6.45) is 0. The van der Waals surface area contributed by atoms with E-state index in [1.165, 1.54) is 12.0 Å². The van der Waals surface area contributed by atoms with Gasteiger partial charge in [0.25, 0.3) is 11.7 Å². The SMILES string of the molecule is COCCN1C(=O)C(=O)/C(=C(/O)c2ccc(OCC(C)C)cc2C)[C@H]1c1ccc(Br)cc1. The highest BCUT2D eigenvalue weighted by Gasteiger charge is 2.45. The third-order valence-electron chi connectivity index (χ3n) is 5.30. The number of benzene rings is 2. The largest absolute Gasteiger partial charge is 0.507 e. The molecule has 0 aromatic heterocycles. The van der Waals surface area contributed by atoms with Gasteiger partial charge in [-0.3, -0.25) is 9.59 Å². The number of methoxy groups -OCH3 is 1. The number of aliphatic hydroxyl groups is 1. The van der Waals surface area contributed by atoms with Gasteiger partial charge in [0.05, 0.1) is 24.8 Å². The van der Waals surface area contributed by atoms with E-state index in [1.54, 1.807) is 12.1 Å². The van der Waals surface area contributed by atoms with Gasteiger partial charge in [-0.05, 0) is 54.3 Å². The molecule has 1 aliphatic heterocycles. The zero-order chi connectivity index (χ0) is 23.4. The summed E-state index contributed by atoms with van der Waals surface area (Å²) >= 11 is 3.41. The van der Waals surface area contributed by atoms with Gasteiger partial charge in [-0.1, -0.05) is 41.9 Å². The lowest BCUT2D eigenvalue weighted by Gasteiger charge is -2.25. The van der Waals surface area contributed by atoms with Gasteiger partial charge in [-0.2, -0.15) is 0 Å². The fourth-order valence-electron chi connectivity index (χ4n) is 3.69. The Hall–Kier alpha value is -2.64. The van der Waals surface area contributed by atoms with E-state index in [2.05, 4.69) is 29.8 Å².